The standard InChI is InChI=1S/C14H20N2O2/c1-2-12-5-6-15-11-13(12)14(17)18-10-9-16-7-3-4-8-16/h5-6,11H,2-4,7-10H2,1H3. The highest BCUT2D eigenvalue weighted by atomic mass is 16.5. The summed E-state index contributed by atoms with van der Waals surface area (Å²) < 4.78 is 5.31. The molecule has 1 fully saturated rings. The fourth-order valence-corrected chi connectivity index (χ4v) is 2.27. The quantitative estimate of drug-likeness (QED) is 0.746. The number of hydrogen-bond donors (Lipinski definition) is 0. The fraction of sp³-hybridized carbons (Fsp3) is 0.571. The average molecular weight is 248 g/mol. The first kappa shape index (κ1) is 13.0. The molecule has 1 aromatic rings. The molecule has 0 unspecified atom stereocenters. The first-order chi connectivity index (χ1) is 8.81. The van der Waals surface area contributed by atoms with E-state index in [9.17, 15) is 4.79 Å². The van der Waals surface area contributed by atoms with Crippen LogP contribution in [0.1, 0.15) is 35.7 Å². The highest BCUT2D eigenvalue weighted by molar-refractivity contribution is 5.90. The fourth-order valence-electron chi connectivity index (χ4n) is 2.27. The summed E-state index contributed by atoms with van der Waals surface area (Å²) in [6.07, 6.45) is 6.64. The Balaban J connectivity index is 1.83. The Morgan fingerprint density at radius 1 is 1.44 bits per heavy atom. The lowest BCUT2D eigenvalue weighted by atomic mass is 10.1. The van der Waals surface area contributed by atoms with Gasteiger partial charge in [-0.3, -0.25) is 9.88 Å². The third-order valence-electron chi connectivity index (χ3n) is 3.35. The van der Waals surface area contributed by atoms with Gasteiger partial charge in [0.25, 0.3) is 0 Å². The molecule has 0 aromatic carbocycles. The number of esters is 1. The van der Waals surface area contributed by atoms with E-state index in [0.717, 1.165) is 31.6 Å². The largest absolute Gasteiger partial charge is 0.461 e. The number of pyridine rings is 1. The summed E-state index contributed by atoms with van der Waals surface area (Å²) in [7, 11) is 0. The number of ether oxygens (including phenoxy) is 1. The van der Waals surface area contributed by atoms with E-state index in [1.165, 1.54) is 12.8 Å². The van der Waals surface area contributed by atoms with Crippen LogP contribution in [0.4, 0.5) is 0 Å². The van der Waals surface area contributed by atoms with E-state index in [-0.39, 0.29) is 5.97 Å². The Labute approximate surface area is 108 Å². The van der Waals surface area contributed by atoms with Crippen molar-refractivity contribution in [3.05, 3.63) is 29.6 Å². The molecular weight excluding hydrogens is 228 g/mol. The van der Waals surface area contributed by atoms with Crippen molar-refractivity contribution in [3.8, 4) is 0 Å². The molecule has 0 N–H and O–H groups in total. The summed E-state index contributed by atoms with van der Waals surface area (Å²) in [6, 6.07) is 1.87. The van der Waals surface area contributed by atoms with Crippen LogP contribution < -0.4 is 0 Å². The lowest BCUT2D eigenvalue weighted by molar-refractivity contribution is 0.0470. The van der Waals surface area contributed by atoms with Crippen LogP contribution in [0.15, 0.2) is 18.5 Å². The molecule has 0 spiro atoms. The van der Waals surface area contributed by atoms with Crippen LogP contribution in [-0.4, -0.2) is 42.1 Å². The van der Waals surface area contributed by atoms with E-state index in [2.05, 4.69) is 9.88 Å². The number of rotatable bonds is 5. The molecule has 98 valence electrons. The zero-order chi connectivity index (χ0) is 12.8. The van der Waals surface area contributed by atoms with Crippen molar-refractivity contribution >= 4 is 5.97 Å². The Hall–Kier alpha value is -1.42. The summed E-state index contributed by atoms with van der Waals surface area (Å²) >= 11 is 0. The Morgan fingerprint density at radius 2 is 2.22 bits per heavy atom. The van der Waals surface area contributed by atoms with Crippen LogP contribution in [0.2, 0.25) is 0 Å². The lowest BCUT2D eigenvalue weighted by Crippen LogP contribution is -2.25. The molecule has 1 aromatic heterocycles. The number of likely N-dealkylation sites (tertiary alicyclic amines) is 1. The normalized spacial score (nSPS) is 15.8. The molecule has 0 aliphatic carbocycles. The number of hydrogen-bond acceptors (Lipinski definition) is 4. The van der Waals surface area contributed by atoms with Crippen LogP contribution in [0.3, 0.4) is 0 Å². The van der Waals surface area contributed by atoms with Crippen molar-refractivity contribution < 1.29 is 9.53 Å². The van der Waals surface area contributed by atoms with Crippen molar-refractivity contribution in [2.24, 2.45) is 0 Å². The number of carbonyl (C=O) groups excluding carboxylic acids is 1. The predicted octanol–water partition coefficient (Wildman–Crippen LogP) is 1.90. The van der Waals surface area contributed by atoms with Gasteiger partial charge in [0, 0.05) is 18.9 Å². The van der Waals surface area contributed by atoms with Crippen LogP contribution >= 0.6 is 0 Å². The number of carbonyl (C=O) groups is 1. The molecule has 0 radical (unpaired) electrons. The van der Waals surface area contributed by atoms with Crippen molar-refractivity contribution in [3.63, 3.8) is 0 Å². The second-order valence-electron chi connectivity index (χ2n) is 4.57. The third kappa shape index (κ3) is 3.29. The maximum absolute atomic E-state index is 11.9. The van der Waals surface area contributed by atoms with Crippen molar-refractivity contribution in [2.45, 2.75) is 26.2 Å². The smallest absolute Gasteiger partial charge is 0.340 e. The molecule has 2 rings (SSSR count). The zero-order valence-electron chi connectivity index (χ0n) is 10.9. The summed E-state index contributed by atoms with van der Waals surface area (Å²) in [5, 5.41) is 0. The van der Waals surface area contributed by atoms with Gasteiger partial charge in [0.2, 0.25) is 0 Å². The molecule has 0 amide bonds. The van der Waals surface area contributed by atoms with Gasteiger partial charge in [-0.1, -0.05) is 6.92 Å². The van der Waals surface area contributed by atoms with Gasteiger partial charge in [0.1, 0.15) is 6.61 Å². The minimum absolute atomic E-state index is 0.251. The minimum Gasteiger partial charge on any atom is -0.461 e. The second-order valence-corrected chi connectivity index (χ2v) is 4.57. The Bertz CT molecular complexity index is 401. The molecule has 18 heavy (non-hydrogen) atoms. The van der Waals surface area contributed by atoms with Crippen molar-refractivity contribution in [2.75, 3.05) is 26.2 Å². The summed E-state index contributed by atoms with van der Waals surface area (Å²) in [4.78, 5) is 18.2. The van der Waals surface area contributed by atoms with E-state index < -0.39 is 0 Å². The van der Waals surface area contributed by atoms with E-state index in [1.54, 1.807) is 12.4 Å². The third-order valence-corrected chi connectivity index (χ3v) is 3.35. The van der Waals surface area contributed by atoms with Gasteiger partial charge in [-0.15, -0.1) is 0 Å². The van der Waals surface area contributed by atoms with Gasteiger partial charge in [0.15, 0.2) is 0 Å². The number of aryl methyl sites for hydroxylation is 1. The van der Waals surface area contributed by atoms with Gasteiger partial charge in [0.05, 0.1) is 5.56 Å². The molecular formula is C14H20N2O2. The van der Waals surface area contributed by atoms with Gasteiger partial charge < -0.3 is 4.74 Å². The molecule has 4 nitrogen and oxygen atoms in total. The summed E-state index contributed by atoms with van der Waals surface area (Å²) in [5.74, 6) is -0.251. The molecule has 0 bridgehead atoms. The van der Waals surface area contributed by atoms with E-state index in [4.69, 9.17) is 4.74 Å². The van der Waals surface area contributed by atoms with E-state index in [1.807, 2.05) is 13.0 Å². The van der Waals surface area contributed by atoms with Gasteiger partial charge in [-0.2, -0.15) is 0 Å². The average Bonchev–Trinajstić information content (AvgIpc) is 2.91. The molecule has 1 saturated heterocycles. The van der Waals surface area contributed by atoms with E-state index >= 15 is 0 Å². The maximum atomic E-state index is 11.9. The molecule has 0 saturated carbocycles. The zero-order valence-corrected chi connectivity index (χ0v) is 10.9. The lowest BCUT2D eigenvalue weighted by Gasteiger charge is -2.14. The molecule has 4 heteroatoms. The van der Waals surface area contributed by atoms with E-state index in [0.29, 0.717) is 12.2 Å². The topological polar surface area (TPSA) is 42.4 Å². The van der Waals surface area contributed by atoms with Gasteiger partial charge >= 0.3 is 5.97 Å². The molecule has 0 atom stereocenters. The van der Waals surface area contributed by atoms with Crippen LogP contribution in [0, 0.1) is 0 Å². The van der Waals surface area contributed by atoms with Gasteiger partial charge in [-0.25, -0.2) is 4.79 Å². The minimum atomic E-state index is -0.251. The van der Waals surface area contributed by atoms with Crippen LogP contribution in [0.25, 0.3) is 0 Å². The second kappa shape index (κ2) is 6.50. The van der Waals surface area contributed by atoms with Gasteiger partial charge in [-0.05, 0) is 44.0 Å². The monoisotopic (exact) mass is 248 g/mol. The number of nitrogens with zero attached hydrogens (tertiary/aromatic N) is 2. The van der Waals surface area contributed by atoms with Crippen LogP contribution in [-0.2, 0) is 11.2 Å². The first-order valence-corrected chi connectivity index (χ1v) is 6.63. The predicted molar refractivity (Wildman–Crippen MR) is 69.6 cm³/mol. The summed E-state index contributed by atoms with van der Waals surface area (Å²) in [6.45, 7) is 5.59. The summed E-state index contributed by atoms with van der Waals surface area (Å²) in [5.41, 5.74) is 1.59. The first-order valence-electron chi connectivity index (χ1n) is 6.63. The molecule has 2 heterocycles. The Kier molecular flexibility index (Phi) is 4.70. The highest BCUT2D eigenvalue weighted by Crippen LogP contribution is 2.10. The maximum Gasteiger partial charge on any atom is 0.340 e. The van der Waals surface area contributed by atoms with Crippen molar-refractivity contribution in [1.82, 2.24) is 9.88 Å². The van der Waals surface area contributed by atoms with Crippen LogP contribution in [0.5, 0.6) is 0 Å². The Morgan fingerprint density at radius 3 is 2.94 bits per heavy atom. The van der Waals surface area contributed by atoms with Crippen molar-refractivity contribution in [1.29, 1.82) is 0 Å². The molecule has 1 aliphatic rings. The SMILES string of the molecule is CCc1ccncc1C(=O)OCCN1CCCC1. The molecule has 1 aliphatic heterocycles. The number of aromatic nitrogens is 1. The highest BCUT2D eigenvalue weighted by Gasteiger charge is 2.14.